The number of carbonyl (C=O) groups excluding carboxylic acids is 1. The number of hydrogen-bond acceptors (Lipinski definition) is 3. The summed E-state index contributed by atoms with van der Waals surface area (Å²) in [7, 11) is 1.59. The van der Waals surface area contributed by atoms with E-state index in [-0.39, 0.29) is 0 Å². The van der Waals surface area contributed by atoms with Crippen LogP contribution in [0.5, 0.6) is 11.5 Å². The number of rotatable bonds is 4. The molecule has 0 fully saturated rings. The van der Waals surface area contributed by atoms with E-state index >= 15 is 0 Å². The molecule has 3 rings (SSSR count). The molecule has 1 atom stereocenters. The van der Waals surface area contributed by atoms with E-state index in [1.165, 1.54) is 0 Å². The van der Waals surface area contributed by atoms with Gasteiger partial charge in [-0.1, -0.05) is 50.1 Å². The first-order valence-electron chi connectivity index (χ1n) is 7.47. The summed E-state index contributed by atoms with van der Waals surface area (Å²) in [4.78, 5) is 12.0. The third-order valence-electron chi connectivity index (χ3n) is 3.74. The highest BCUT2D eigenvalue weighted by atomic mass is 79.9. The normalized spacial score (nSPS) is 12.0. The molecule has 0 bridgehead atoms. The molecule has 0 saturated carbocycles. The second-order valence-corrected chi connectivity index (χ2v) is 8.91. The van der Waals surface area contributed by atoms with Crippen molar-refractivity contribution < 1.29 is 14.3 Å². The van der Waals surface area contributed by atoms with Crippen molar-refractivity contribution in [3.8, 4) is 11.5 Å². The van der Waals surface area contributed by atoms with Gasteiger partial charge >= 0.3 is 5.97 Å². The van der Waals surface area contributed by atoms with Gasteiger partial charge in [-0.15, -0.1) is 0 Å². The number of carbonyl (C=O) groups is 1. The molecular weight excluding hydrogens is 596 g/mol. The molecule has 0 amide bonds. The molecule has 0 heterocycles. The lowest BCUT2D eigenvalue weighted by molar-refractivity contribution is -0.133. The summed E-state index contributed by atoms with van der Waals surface area (Å²) >= 11 is 13.9. The van der Waals surface area contributed by atoms with Gasteiger partial charge in [-0.25, -0.2) is 0 Å². The summed E-state index contributed by atoms with van der Waals surface area (Å²) in [6.07, 6.45) is 0. The SMILES string of the molecule is COc1cccc([C@H](Br)C(=O)Oc2c(Br)cc3cc(Br)ccc3c2Br)c1. The van der Waals surface area contributed by atoms with Crippen LogP contribution in [0.2, 0.25) is 0 Å². The average Bonchev–Trinajstić information content (AvgIpc) is 2.64. The summed E-state index contributed by atoms with van der Waals surface area (Å²) in [5, 5.41) is 1.97. The molecule has 26 heavy (non-hydrogen) atoms. The number of esters is 1. The Labute approximate surface area is 184 Å². The fourth-order valence-corrected chi connectivity index (χ4v) is 4.67. The molecule has 3 nitrogen and oxygen atoms in total. The van der Waals surface area contributed by atoms with Crippen LogP contribution in [0.1, 0.15) is 10.4 Å². The lowest BCUT2D eigenvalue weighted by Crippen LogP contribution is -2.15. The Morgan fingerprint density at radius 1 is 1.04 bits per heavy atom. The van der Waals surface area contributed by atoms with E-state index in [2.05, 4.69) is 63.7 Å². The second kappa shape index (κ2) is 8.42. The summed E-state index contributed by atoms with van der Waals surface area (Å²) in [5.41, 5.74) is 0.756. The summed E-state index contributed by atoms with van der Waals surface area (Å²) in [5.74, 6) is 0.701. The number of methoxy groups -OCH3 is 1. The minimum atomic E-state index is -0.614. The van der Waals surface area contributed by atoms with Crippen LogP contribution in [0.25, 0.3) is 10.8 Å². The highest BCUT2D eigenvalue weighted by molar-refractivity contribution is 9.11. The first-order chi connectivity index (χ1) is 12.4. The van der Waals surface area contributed by atoms with E-state index in [0.717, 1.165) is 20.8 Å². The molecule has 0 spiro atoms. The molecule has 0 aromatic heterocycles. The lowest BCUT2D eigenvalue weighted by atomic mass is 10.1. The molecule has 3 aromatic carbocycles. The second-order valence-electron chi connectivity index (χ2n) is 5.43. The molecule has 3 aromatic rings. The number of hydrogen-bond donors (Lipinski definition) is 0. The number of benzene rings is 3. The van der Waals surface area contributed by atoms with Gasteiger partial charge in [0.25, 0.3) is 0 Å². The Kier molecular flexibility index (Phi) is 6.43. The fraction of sp³-hybridized carbons (Fsp3) is 0.105. The van der Waals surface area contributed by atoms with Crippen molar-refractivity contribution >= 4 is 80.5 Å². The van der Waals surface area contributed by atoms with Gasteiger partial charge in [0.2, 0.25) is 0 Å². The van der Waals surface area contributed by atoms with Gasteiger partial charge in [0.1, 0.15) is 10.6 Å². The van der Waals surface area contributed by atoms with Crippen LogP contribution in [-0.2, 0) is 4.79 Å². The molecule has 0 unspecified atom stereocenters. The largest absolute Gasteiger partial charge is 0.497 e. The minimum absolute atomic E-state index is 0.420. The van der Waals surface area contributed by atoms with Crippen molar-refractivity contribution in [3.63, 3.8) is 0 Å². The third kappa shape index (κ3) is 4.16. The maximum absolute atomic E-state index is 12.6. The quantitative estimate of drug-likeness (QED) is 0.179. The lowest BCUT2D eigenvalue weighted by Gasteiger charge is -2.15. The monoisotopic (exact) mass is 604 g/mol. The van der Waals surface area contributed by atoms with Crippen molar-refractivity contribution in [2.24, 2.45) is 0 Å². The molecule has 134 valence electrons. The van der Waals surface area contributed by atoms with E-state index in [1.54, 1.807) is 13.2 Å². The van der Waals surface area contributed by atoms with Crippen LogP contribution in [-0.4, -0.2) is 13.1 Å². The smallest absolute Gasteiger partial charge is 0.329 e. The van der Waals surface area contributed by atoms with E-state index in [4.69, 9.17) is 9.47 Å². The molecular formula is C19H12Br4O3. The van der Waals surface area contributed by atoms with E-state index < -0.39 is 10.8 Å². The molecule has 0 aliphatic heterocycles. The van der Waals surface area contributed by atoms with Gasteiger partial charge in [0, 0.05) is 4.47 Å². The first-order valence-corrected chi connectivity index (χ1v) is 10.8. The van der Waals surface area contributed by atoms with Crippen molar-refractivity contribution in [2.75, 3.05) is 7.11 Å². The standard InChI is InChI=1S/C19H12Br4O3/c1-25-13-4-2-3-10(8-13)16(22)19(24)26-18-15(21)9-11-7-12(20)5-6-14(11)17(18)23/h2-9,16H,1H3/t16-/m0/s1. The number of ether oxygens (including phenoxy) is 2. The zero-order valence-corrected chi connectivity index (χ0v) is 19.8. The Morgan fingerprint density at radius 3 is 2.54 bits per heavy atom. The van der Waals surface area contributed by atoms with Crippen LogP contribution in [0.4, 0.5) is 0 Å². The van der Waals surface area contributed by atoms with Gasteiger partial charge in [-0.3, -0.25) is 4.79 Å². The van der Waals surface area contributed by atoms with Crippen LogP contribution >= 0.6 is 63.7 Å². The minimum Gasteiger partial charge on any atom is -0.497 e. The zero-order valence-electron chi connectivity index (χ0n) is 13.4. The van der Waals surface area contributed by atoms with Crippen molar-refractivity contribution in [1.82, 2.24) is 0 Å². The molecule has 0 aliphatic rings. The molecule has 0 saturated heterocycles. The van der Waals surface area contributed by atoms with Crippen molar-refractivity contribution in [3.05, 3.63) is 67.5 Å². The van der Waals surface area contributed by atoms with E-state index in [1.807, 2.05) is 42.5 Å². The van der Waals surface area contributed by atoms with Gasteiger partial charge in [-0.2, -0.15) is 0 Å². The predicted molar refractivity (Wildman–Crippen MR) is 117 cm³/mol. The van der Waals surface area contributed by atoms with Gasteiger partial charge in [-0.05, 0) is 78.5 Å². The van der Waals surface area contributed by atoms with Gasteiger partial charge in [0.05, 0.1) is 16.1 Å². The molecule has 0 radical (unpaired) electrons. The van der Waals surface area contributed by atoms with Gasteiger partial charge in [0.15, 0.2) is 5.75 Å². The molecule has 7 heteroatoms. The zero-order chi connectivity index (χ0) is 18.8. The summed E-state index contributed by atoms with van der Waals surface area (Å²) in [6, 6.07) is 15.1. The third-order valence-corrected chi connectivity index (χ3v) is 6.52. The maximum atomic E-state index is 12.6. The van der Waals surface area contributed by atoms with Crippen molar-refractivity contribution in [2.45, 2.75) is 4.83 Å². The van der Waals surface area contributed by atoms with Crippen LogP contribution < -0.4 is 9.47 Å². The van der Waals surface area contributed by atoms with Crippen molar-refractivity contribution in [1.29, 1.82) is 0 Å². The van der Waals surface area contributed by atoms with E-state index in [0.29, 0.717) is 20.4 Å². The number of alkyl halides is 1. The maximum Gasteiger partial charge on any atom is 0.329 e. The topological polar surface area (TPSA) is 35.5 Å². The first kappa shape index (κ1) is 19.9. The number of halogens is 4. The Morgan fingerprint density at radius 2 is 1.81 bits per heavy atom. The van der Waals surface area contributed by atoms with Crippen LogP contribution in [0.3, 0.4) is 0 Å². The highest BCUT2D eigenvalue weighted by Gasteiger charge is 2.23. The van der Waals surface area contributed by atoms with Gasteiger partial charge < -0.3 is 9.47 Å². The number of fused-ring (bicyclic) bond motifs is 1. The van der Waals surface area contributed by atoms with Crippen LogP contribution in [0.15, 0.2) is 61.9 Å². The predicted octanol–water partition coefficient (Wildman–Crippen LogP) is 7.18. The summed E-state index contributed by atoms with van der Waals surface area (Å²) < 4.78 is 13.3. The fourth-order valence-electron chi connectivity index (χ4n) is 2.46. The molecule has 0 aliphatic carbocycles. The van der Waals surface area contributed by atoms with Crippen LogP contribution in [0, 0.1) is 0 Å². The average molecular weight is 608 g/mol. The Balaban J connectivity index is 1.92. The van der Waals surface area contributed by atoms with E-state index in [9.17, 15) is 4.79 Å². The Hall–Kier alpha value is -0.890. The Bertz CT molecular complexity index is 988. The molecule has 0 N–H and O–H groups in total. The highest BCUT2D eigenvalue weighted by Crippen LogP contribution is 2.41. The summed E-state index contributed by atoms with van der Waals surface area (Å²) in [6.45, 7) is 0.